The number of carbonyl (C=O) groups excluding carboxylic acids is 1. The molecule has 1 aliphatic heterocycles. The van der Waals surface area contributed by atoms with Gasteiger partial charge in [0.1, 0.15) is 12.4 Å². The average Bonchev–Trinajstić information content (AvgIpc) is 3.02. The molecular formula is C21H19I2N3O4S. The Morgan fingerprint density at radius 2 is 1.94 bits per heavy atom. The number of amidine groups is 1. The molecular weight excluding hydrogens is 644 g/mol. The number of nitro groups is 1. The van der Waals surface area contributed by atoms with Crippen LogP contribution in [0.5, 0.6) is 5.75 Å². The van der Waals surface area contributed by atoms with E-state index >= 15 is 0 Å². The third-order valence-electron chi connectivity index (χ3n) is 4.32. The Morgan fingerprint density at radius 3 is 2.55 bits per heavy atom. The smallest absolute Gasteiger partial charge is 0.269 e. The summed E-state index contributed by atoms with van der Waals surface area (Å²) in [7, 11) is 0. The largest absolute Gasteiger partial charge is 0.487 e. The number of nitro benzene ring substituents is 1. The summed E-state index contributed by atoms with van der Waals surface area (Å²) in [5.41, 5.74) is 1.67. The van der Waals surface area contributed by atoms with E-state index in [2.05, 4.69) is 50.2 Å². The van der Waals surface area contributed by atoms with Crippen LogP contribution in [0.4, 0.5) is 5.69 Å². The number of carbonyl (C=O) groups is 1. The van der Waals surface area contributed by atoms with E-state index in [0.29, 0.717) is 23.7 Å². The predicted molar refractivity (Wildman–Crippen MR) is 140 cm³/mol. The Labute approximate surface area is 211 Å². The third-order valence-corrected chi connectivity index (χ3v) is 6.97. The van der Waals surface area contributed by atoms with E-state index in [9.17, 15) is 14.9 Å². The molecule has 1 amide bonds. The van der Waals surface area contributed by atoms with Crippen molar-refractivity contribution < 1.29 is 14.5 Å². The van der Waals surface area contributed by atoms with Crippen LogP contribution in [0.25, 0.3) is 6.08 Å². The maximum Gasteiger partial charge on any atom is 0.269 e. The van der Waals surface area contributed by atoms with E-state index in [1.807, 2.05) is 32.1 Å². The minimum absolute atomic E-state index is 0.0317. The molecule has 1 fully saturated rings. The van der Waals surface area contributed by atoms with Crippen LogP contribution in [0.2, 0.25) is 0 Å². The Morgan fingerprint density at radius 1 is 1.23 bits per heavy atom. The van der Waals surface area contributed by atoms with Gasteiger partial charge >= 0.3 is 0 Å². The number of hydrogen-bond acceptors (Lipinski definition) is 6. The number of likely N-dealkylation sites (N-methyl/N-ethyl adjacent to an activating group) is 1. The van der Waals surface area contributed by atoms with Crippen molar-refractivity contribution >= 4 is 79.8 Å². The number of ether oxygens (including phenoxy) is 1. The standard InChI is InChI=1S/C21H19I2N3O4S/c1-3-24-21-25(4-2)20(27)18(31-21)11-14-9-16(22)19(17(23)10-14)30-12-13-6-5-7-15(8-13)26(28)29/h5-11H,3-4,12H2,1-2H3/b18-11+,24-21?. The van der Waals surface area contributed by atoms with E-state index in [1.54, 1.807) is 17.0 Å². The molecule has 0 saturated carbocycles. The molecule has 7 nitrogen and oxygen atoms in total. The zero-order chi connectivity index (χ0) is 22.5. The van der Waals surface area contributed by atoms with Crippen LogP contribution in [0, 0.1) is 17.3 Å². The van der Waals surface area contributed by atoms with Crippen molar-refractivity contribution in [2.24, 2.45) is 4.99 Å². The Bertz CT molecular complexity index is 1070. The highest BCUT2D eigenvalue weighted by Gasteiger charge is 2.31. The molecule has 2 aromatic carbocycles. The SMILES string of the molecule is CCN=C1S/C(=C/c2cc(I)c(OCc3cccc([N+](=O)[O-])c3)c(I)c2)C(=O)N1CC. The summed E-state index contributed by atoms with van der Waals surface area (Å²) in [6, 6.07) is 10.3. The van der Waals surface area contributed by atoms with Crippen LogP contribution in [0.15, 0.2) is 46.3 Å². The van der Waals surface area contributed by atoms with Crippen molar-refractivity contribution in [1.82, 2.24) is 4.90 Å². The van der Waals surface area contributed by atoms with Crippen molar-refractivity contribution in [2.45, 2.75) is 20.5 Å². The van der Waals surface area contributed by atoms with Crippen molar-refractivity contribution in [3.63, 3.8) is 0 Å². The summed E-state index contributed by atoms with van der Waals surface area (Å²) in [5, 5.41) is 11.7. The van der Waals surface area contributed by atoms with Gasteiger partial charge in [-0.25, -0.2) is 0 Å². The molecule has 31 heavy (non-hydrogen) atoms. The molecule has 1 saturated heterocycles. The maximum atomic E-state index is 12.7. The van der Waals surface area contributed by atoms with Crippen LogP contribution in [0.3, 0.4) is 0 Å². The lowest BCUT2D eigenvalue weighted by Gasteiger charge is -2.12. The minimum atomic E-state index is -0.419. The van der Waals surface area contributed by atoms with E-state index < -0.39 is 4.92 Å². The summed E-state index contributed by atoms with van der Waals surface area (Å²) in [4.78, 5) is 30.0. The Hall–Kier alpha value is -1.67. The number of rotatable bonds is 7. The molecule has 0 aromatic heterocycles. The number of non-ortho nitro benzene ring substituents is 1. The van der Waals surface area contributed by atoms with Crippen molar-refractivity contribution in [2.75, 3.05) is 13.1 Å². The second-order valence-electron chi connectivity index (χ2n) is 6.45. The van der Waals surface area contributed by atoms with E-state index in [0.717, 1.165) is 23.4 Å². The lowest BCUT2D eigenvalue weighted by molar-refractivity contribution is -0.384. The monoisotopic (exact) mass is 663 g/mol. The Kier molecular flexibility index (Phi) is 8.33. The molecule has 0 radical (unpaired) electrons. The quantitative estimate of drug-likeness (QED) is 0.165. The van der Waals surface area contributed by atoms with Gasteiger partial charge in [-0.2, -0.15) is 0 Å². The Balaban J connectivity index is 1.80. The average molecular weight is 663 g/mol. The molecule has 162 valence electrons. The van der Waals surface area contributed by atoms with Crippen molar-refractivity contribution in [3.8, 4) is 5.75 Å². The van der Waals surface area contributed by atoms with Gasteiger partial charge in [-0.05, 0) is 100 Å². The second-order valence-corrected chi connectivity index (χ2v) is 9.78. The van der Waals surface area contributed by atoms with E-state index in [-0.39, 0.29) is 18.2 Å². The minimum Gasteiger partial charge on any atom is -0.487 e. The highest BCUT2D eigenvalue weighted by molar-refractivity contribution is 14.1. The molecule has 0 N–H and O–H groups in total. The highest BCUT2D eigenvalue weighted by atomic mass is 127. The molecule has 1 heterocycles. The number of hydrogen-bond donors (Lipinski definition) is 0. The number of halogens is 2. The van der Waals surface area contributed by atoms with Gasteiger partial charge in [0.2, 0.25) is 0 Å². The molecule has 1 aliphatic rings. The molecule has 0 atom stereocenters. The number of amides is 1. The van der Waals surface area contributed by atoms with Gasteiger partial charge < -0.3 is 4.74 Å². The van der Waals surface area contributed by atoms with Gasteiger partial charge in [0.05, 0.1) is 17.0 Å². The summed E-state index contributed by atoms with van der Waals surface area (Å²) in [6.45, 7) is 5.33. The molecule has 0 aliphatic carbocycles. The molecule has 0 bridgehead atoms. The molecule has 3 rings (SSSR count). The number of benzene rings is 2. The fourth-order valence-electron chi connectivity index (χ4n) is 2.91. The van der Waals surface area contributed by atoms with Crippen LogP contribution in [-0.4, -0.2) is 34.0 Å². The van der Waals surface area contributed by atoms with E-state index in [4.69, 9.17) is 4.74 Å². The predicted octanol–water partition coefficient (Wildman–Crippen LogP) is 5.70. The molecule has 0 unspecified atom stereocenters. The topological polar surface area (TPSA) is 85.0 Å². The van der Waals surface area contributed by atoms with Crippen LogP contribution in [0.1, 0.15) is 25.0 Å². The van der Waals surface area contributed by atoms with Crippen LogP contribution < -0.4 is 4.74 Å². The molecule has 0 spiro atoms. The number of thioether (sulfide) groups is 1. The number of nitrogens with zero attached hydrogens (tertiary/aromatic N) is 3. The van der Waals surface area contributed by atoms with Gasteiger partial charge in [-0.1, -0.05) is 12.1 Å². The first-order chi connectivity index (χ1) is 14.8. The first kappa shape index (κ1) is 24.0. The van der Waals surface area contributed by atoms with E-state index in [1.165, 1.54) is 23.9 Å². The zero-order valence-corrected chi connectivity index (χ0v) is 21.9. The zero-order valence-electron chi connectivity index (χ0n) is 16.8. The fourth-order valence-corrected chi connectivity index (χ4v) is 6.14. The summed E-state index contributed by atoms with van der Waals surface area (Å²) < 4.78 is 7.75. The first-order valence-corrected chi connectivity index (χ1v) is 12.4. The maximum absolute atomic E-state index is 12.7. The first-order valence-electron chi connectivity index (χ1n) is 9.45. The molecule has 2 aromatic rings. The lowest BCUT2D eigenvalue weighted by atomic mass is 10.2. The number of aliphatic imine (C=N–C) groups is 1. The highest BCUT2D eigenvalue weighted by Crippen LogP contribution is 2.35. The third kappa shape index (κ3) is 5.77. The summed E-state index contributed by atoms with van der Waals surface area (Å²) in [5.74, 6) is 0.680. The van der Waals surface area contributed by atoms with Crippen LogP contribution in [-0.2, 0) is 11.4 Å². The van der Waals surface area contributed by atoms with Gasteiger partial charge in [0, 0.05) is 25.2 Å². The van der Waals surface area contributed by atoms with Crippen molar-refractivity contribution in [3.05, 3.63) is 69.7 Å². The van der Waals surface area contributed by atoms with Gasteiger partial charge in [0.15, 0.2) is 5.17 Å². The summed E-state index contributed by atoms with van der Waals surface area (Å²) in [6.07, 6.45) is 1.88. The van der Waals surface area contributed by atoms with Gasteiger partial charge in [-0.3, -0.25) is 24.8 Å². The van der Waals surface area contributed by atoms with Gasteiger partial charge in [0.25, 0.3) is 11.6 Å². The summed E-state index contributed by atoms with van der Waals surface area (Å²) >= 11 is 5.79. The second kappa shape index (κ2) is 10.8. The van der Waals surface area contributed by atoms with Crippen molar-refractivity contribution in [1.29, 1.82) is 0 Å². The lowest BCUT2D eigenvalue weighted by Crippen LogP contribution is -2.28. The fraction of sp³-hybridized carbons (Fsp3) is 0.238. The molecule has 10 heteroatoms. The normalized spacial score (nSPS) is 16.4. The van der Waals surface area contributed by atoms with Gasteiger partial charge in [-0.15, -0.1) is 0 Å². The van der Waals surface area contributed by atoms with Crippen LogP contribution >= 0.6 is 56.9 Å².